The summed E-state index contributed by atoms with van der Waals surface area (Å²) in [6, 6.07) is 8.69. The highest BCUT2D eigenvalue weighted by Gasteiger charge is 2.25. The van der Waals surface area contributed by atoms with Crippen LogP contribution in [0.3, 0.4) is 0 Å². The molecule has 1 aliphatic heterocycles. The fraction of sp³-hybridized carbons (Fsp3) is 0.600. The second kappa shape index (κ2) is 7.13. The first-order valence-corrected chi connectivity index (χ1v) is 7.23. The molecular formula is C15H22ClNO. The van der Waals surface area contributed by atoms with Crippen molar-refractivity contribution in [1.82, 2.24) is 5.32 Å². The summed E-state index contributed by atoms with van der Waals surface area (Å²) in [6.07, 6.45) is 3.28. The zero-order valence-corrected chi connectivity index (χ0v) is 11.7. The van der Waals surface area contributed by atoms with Crippen LogP contribution in [0.1, 0.15) is 25.3 Å². The summed E-state index contributed by atoms with van der Waals surface area (Å²) in [5.41, 5.74) is 1.23. The van der Waals surface area contributed by atoms with Crippen molar-refractivity contribution in [2.75, 3.05) is 19.8 Å². The van der Waals surface area contributed by atoms with E-state index in [4.69, 9.17) is 16.3 Å². The smallest absolute Gasteiger partial charge is 0.0512 e. The first-order chi connectivity index (χ1) is 8.81. The van der Waals surface area contributed by atoms with Gasteiger partial charge in [-0.15, -0.1) is 0 Å². The molecule has 0 bridgehead atoms. The van der Waals surface area contributed by atoms with Crippen LogP contribution in [0.4, 0.5) is 0 Å². The van der Waals surface area contributed by atoms with Gasteiger partial charge in [-0.05, 0) is 37.4 Å². The Morgan fingerprint density at radius 1 is 1.39 bits per heavy atom. The van der Waals surface area contributed by atoms with Crippen molar-refractivity contribution in [3.8, 4) is 0 Å². The molecule has 0 spiro atoms. The zero-order valence-electron chi connectivity index (χ0n) is 11.0. The highest BCUT2D eigenvalue weighted by Crippen LogP contribution is 2.24. The molecule has 0 radical (unpaired) electrons. The van der Waals surface area contributed by atoms with E-state index in [9.17, 15) is 0 Å². The third kappa shape index (κ3) is 3.71. The second-order valence-corrected chi connectivity index (χ2v) is 5.39. The molecule has 100 valence electrons. The van der Waals surface area contributed by atoms with Gasteiger partial charge in [-0.3, -0.25) is 0 Å². The normalized spacial score (nSPS) is 24.1. The van der Waals surface area contributed by atoms with E-state index >= 15 is 0 Å². The summed E-state index contributed by atoms with van der Waals surface area (Å²) in [6.45, 7) is 5.01. The average Bonchev–Trinajstić information content (AvgIpc) is 2.40. The molecule has 0 amide bonds. The van der Waals surface area contributed by atoms with Crippen LogP contribution >= 0.6 is 11.6 Å². The Bertz CT molecular complexity index is 369. The molecule has 18 heavy (non-hydrogen) atoms. The standard InChI is InChI=1S/C15H22ClNO/c1-2-8-17-15-7-9-18-11-13(15)10-12-5-3-4-6-14(12)16/h3-6,13,15,17H,2,7-11H2,1H3. The van der Waals surface area contributed by atoms with E-state index in [-0.39, 0.29) is 0 Å². The molecule has 0 aliphatic carbocycles. The molecule has 3 heteroatoms. The molecule has 1 aromatic carbocycles. The van der Waals surface area contributed by atoms with Crippen molar-refractivity contribution in [1.29, 1.82) is 0 Å². The Balaban J connectivity index is 1.98. The molecule has 2 unspecified atom stereocenters. The van der Waals surface area contributed by atoms with Crippen LogP contribution in [0, 0.1) is 5.92 Å². The van der Waals surface area contributed by atoms with Crippen LogP contribution in [-0.4, -0.2) is 25.8 Å². The quantitative estimate of drug-likeness (QED) is 0.884. The van der Waals surface area contributed by atoms with Crippen LogP contribution in [-0.2, 0) is 11.2 Å². The van der Waals surface area contributed by atoms with E-state index in [0.717, 1.165) is 37.6 Å². The monoisotopic (exact) mass is 267 g/mol. The Morgan fingerprint density at radius 3 is 3.00 bits per heavy atom. The van der Waals surface area contributed by atoms with Gasteiger partial charge < -0.3 is 10.1 Å². The summed E-state index contributed by atoms with van der Waals surface area (Å²) in [5.74, 6) is 0.533. The molecule has 2 atom stereocenters. The van der Waals surface area contributed by atoms with Crippen molar-refractivity contribution in [3.05, 3.63) is 34.9 Å². The molecule has 1 aromatic rings. The molecule has 1 N–H and O–H groups in total. The number of benzene rings is 1. The van der Waals surface area contributed by atoms with E-state index < -0.39 is 0 Å². The molecular weight excluding hydrogens is 246 g/mol. The number of hydrogen-bond acceptors (Lipinski definition) is 2. The number of nitrogens with one attached hydrogen (secondary N) is 1. The number of hydrogen-bond donors (Lipinski definition) is 1. The fourth-order valence-corrected chi connectivity index (χ4v) is 2.76. The molecule has 1 heterocycles. The Kier molecular flexibility index (Phi) is 5.48. The third-order valence-electron chi connectivity index (χ3n) is 3.57. The predicted octanol–water partition coefficient (Wildman–Crippen LogP) is 3.29. The number of rotatable bonds is 5. The van der Waals surface area contributed by atoms with E-state index in [1.807, 2.05) is 12.1 Å². The van der Waals surface area contributed by atoms with Crippen molar-refractivity contribution < 1.29 is 4.74 Å². The van der Waals surface area contributed by atoms with E-state index in [2.05, 4.69) is 24.4 Å². The maximum Gasteiger partial charge on any atom is 0.0512 e. The minimum atomic E-state index is 0.533. The van der Waals surface area contributed by atoms with Gasteiger partial charge in [0.1, 0.15) is 0 Å². The first kappa shape index (κ1) is 13.9. The summed E-state index contributed by atoms with van der Waals surface area (Å²) in [4.78, 5) is 0. The molecule has 2 nitrogen and oxygen atoms in total. The molecule has 1 fully saturated rings. The maximum atomic E-state index is 6.23. The lowest BCUT2D eigenvalue weighted by molar-refractivity contribution is 0.0323. The van der Waals surface area contributed by atoms with Gasteiger partial charge >= 0.3 is 0 Å². The molecule has 0 saturated carbocycles. The highest BCUT2D eigenvalue weighted by molar-refractivity contribution is 6.31. The fourth-order valence-electron chi connectivity index (χ4n) is 2.54. The average molecular weight is 268 g/mol. The van der Waals surface area contributed by atoms with Crippen LogP contribution in [0.25, 0.3) is 0 Å². The van der Waals surface area contributed by atoms with E-state index in [1.54, 1.807) is 0 Å². The van der Waals surface area contributed by atoms with Gasteiger partial charge in [0, 0.05) is 23.6 Å². The minimum absolute atomic E-state index is 0.533. The van der Waals surface area contributed by atoms with Crippen molar-refractivity contribution >= 4 is 11.6 Å². The van der Waals surface area contributed by atoms with Crippen molar-refractivity contribution in [3.63, 3.8) is 0 Å². The Morgan fingerprint density at radius 2 is 2.22 bits per heavy atom. The Hall–Kier alpha value is -0.570. The summed E-state index contributed by atoms with van der Waals surface area (Å²) < 4.78 is 5.62. The third-order valence-corrected chi connectivity index (χ3v) is 3.94. The van der Waals surface area contributed by atoms with E-state index in [1.165, 1.54) is 12.0 Å². The maximum absolute atomic E-state index is 6.23. The molecule has 1 saturated heterocycles. The molecule has 1 aliphatic rings. The van der Waals surface area contributed by atoms with Crippen LogP contribution < -0.4 is 5.32 Å². The van der Waals surface area contributed by atoms with Crippen LogP contribution in [0.15, 0.2) is 24.3 Å². The lowest BCUT2D eigenvalue weighted by atomic mass is 9.89. The zero-order chi connectivity index (χ0) is 12.8. The van der Waals surface area contributed by atoms with Crippen LogP contribution in [0.5, 0.6) is 0 Å². The minimum Gasteiger partial charge on any atom is -0.381 e. The van der Waals surface area contributed by atoms with Crippen molar-refractivity contribution in [2.24, 2.45) is 5.92 Å². The second-order valence-electron chi connectivity index (χ2n) is 4.98. The van der Waals surface area contributed by atoms with Gasteiger partial charge in [0.2, 0.25) is 0 Å². The summed E-state index contributed by atoms with van der Waals surface area (Å²) >= 11 is 6.23. The van der Waals surface area contributed by atoms with Gasteiger partial charge in [0.25, 0.3) is 0 Å². The van der Waals surface area contributed by atoms with Gasteiger partial charge in [-0.1, -0.05) is 36.7 Å². The van der Waals surface area contributed by atoms with Gasteiger partial charge in [-0.25, -0.2) is 0 Å². The topological polar surface area (TPSA) is 21.3 Å². The number of halogens is 1. The SMILES string of the molecule is CCCNC1CCOCC1Cc1ccccc1Cl. The van der Waals surface area contributed by atoms with Crippen LogP contribution in [0.2, 0.25) is 5.02 Å². The largest absolute Gasteiger partial charge is 0.381 e. The lowest BCUT2D eigenvalue weighted by Gasteiger charge is -2.32. The summed E-state index contributed by atoms with van der Waals surface area (Å²) in [5, 5.41) is 4.51. The first-order valence-electron chi connectivity index (χ1n) is 6.85. The van der Waals surface area contributed by atoms with Gasteiger partial charge in [0.15, 0.2) is 0 Å². The van der Waals surface area contributed by atoms with E-state index in [0.29, 0.717) is 12.0 Å². The Labute approximate surface area is 115 Å². The highest BCUT2D eigenvalue weighted by atomic mass is 35.5. The van der Waals surface area contributed by atoms with Gasteiger partial charge in [0.05, 0.1) is 6.61 Å². The lowest BCUT2D eigenvalue weighted by Crippen LogP contribution is -2.44. The van der Waals surface area contributed by atoms with Gasteiger partial charge in [-0.2, -0.15) is 0 Å². The molecule has 2 rings (SSSR count). The van der Waals surface area contributed by atoms with Crippen molar-refractivity contribution in [2.45, 2.75) is 32.2 Å². The summed E-state index contributed by atoms with van der Waals surface area (Å²) in [7, 11) is 0. The molecule has 0 aromatic heterocycles. The number of ether oxygens (including phenoxy) is 1. The predicted molar refractivity (Wildman–Crippen MR) is 76.2 cm³/mol.